The zero-order valence-electron chi connectivity index (χ0n) is 13.5. The molecule has 122 valence electrons. The minimum Gasteiger partial charge on any atom is -0.383 e. The van der Waals surface area contributed by atoms with E-state index in [0.717, 1.165) is 50.6 Å². The summed E-state index contributed by atoms with van der Waals surface area (Å²) >= 11 is 0. The molecule has 0 aliphatic carbocycles. The molecule has 5 heteroatoms. The number of anilines is 1. The first kappa shape index (κ1) is 15.7. The molecule has 1 aromatic carbocycles. The Morgan fingerprint density at radius 1 is 1.23 bits per heavy atom. The standard InChI is InChI=1S/C17H26FN3O/c1-13(2)19-15-4-3-14(17(18)9-15)10-20-5-7-21(8-6-20)16-11-22-12-16/h3-4,9,13,16,19H,5-8,10-12H2,1-2H3. The second-order valence-electron chi connectivity index (χ2n) is 6.61. The summed E-state index contributed by atoms with van der Waals surface area (Å²) in [6.07, 6.45) is 0. The lowest BCUT2D eigenvalue weighted by molar-refractivity contribution is -0.0774. The molecule has 0 atom stereocenters. The zero-order chi connectivity index (χ0) is 15.5. The Hall–Kier alpha value is -1.17. The van der Waals surface area contributed by atoms with E-state index in [1.165, 1.54) is 0 Å². The highest BCUT2D eigenvalue weighted by molar-refractivity contribution is 5.45. The fourth-order valence-electron chi connectivity index (χ4n) is 3.06. The van der Waals surface area contributed by atoms with Crippen molar-refractivity contribution in [3.05, 3.63) is 29.6 Å². The third-order valence-electron chi connectivity index (χ3n) is 4.45. The van der Waals surface area contributed by atoms with Crippen molar-refractivity contribution in [2.24, 2.45) is 0 Å². The number of nitrogens with zero attached hydrogens (tertiary/aromatic N) is 2. The van der Waals surface area contributed by atoms with Crippen molar-refractivity contribution in [3.8, 4) is 0 Å². The molecule has 1 aromatic rings. The van der Waals surface area contributed by atoms with E-state index < -0.39 is 0 Å². The van der Waals surface area contributed by atoms with Gasteiger partial charge in [0.2, 0.25) is 0 Å². The van der Waals surface area contributed by atoms with E-state index in [0.29, 0.717) is 18.6 Å². The van der Waals surface area contributed by atoms with Gasteiger partial charge in [-0.05, 0) is 26.0 Å². The smallest absolute Gasteiger partial charge is 0.129 e. The number of halogens is 1. The van der Waals surface area contributed by atoms with Gasteiger partial charge in [0.1, 0.15) is 5.82 Å². The van der Waals surface area contributed by atoms with Crippen molar-refractivity contribution in [1.82, 2.24) is 9.80 Å². The molecule has 3 rings (SSSR count). The predicted octanol–water partition coefficient (Wildman–Crippen LogP) is 2.16. The summed E-state index contributed by atoms with van der Waals surface area (Å²) in [6.45, 7) is 10.7. The van der Waals surface area contributed by atoms with E-state index >= 15 is 0 Å². The van der Waals surface area contributed by atoms with Crippen LogP contribution in [0.5, 0.6) is 0 Å². The lowest BCUT2D eigenvalue weighted by Crippen LogP contribution is -2.56. The molecule has 0 spiro atoms. The van der Waals surface area contributed by atoms with Crippen molar-refractivity contribution >= 4 is 5.69 Å². The molecule has 2 saturated heterocycles. The first-order valence-electron chi connectivity index (χ1n) is 8.21. The van der Waals surface area contributed by atoms with Crippen LogP contribution in [0.4, 0.5) is 10.1 Å². The number of hydrogen-bond acceptors (Lipinski definition) is 4. The van der Waals surface area contributed by atoms with E-state index in [1.54, 1.807) is 6.07 Å². The van der Waals surface area contributed by atoms with Gasteiger partial charge in [-0.25, -0.2) is 4.39 Å². The SMILES string of the molecule is CC(C)Nc1ccc(CN2CCN(C3COC3)CC2)c(F)c1. The molecule has 22 heavy (non-hydrogen) atoms. The lowest BCUT2D eigenvalue weighted by atomic mass is 10.1. The molecular weight excluding hydrogens is 281 g/mol. The first-order valence-corrected chi connectivity index (χ1v) is 8.21. The number of nitrogens with one attached hydrogen (secondary N) is 1. The molecule has 0 bridgehead atoms. The molecule has 0 radical (unpaired) electrons. The predicted molar refractivity (Wildman–Crippen MR) is 86.6 cm³/mol. The van der Waals surface area contributed by atoms with Gasteiger partial charge < -0.3 is 10.1 Å². The first-order chi connectivity index (χ1) is 10.6. The Bertz CT molecular complexity index is 497. The number of hydrogen-bond donors (Lipinski definition) is 1. The number of ether oxygens (including phenoxy) is 1. The summed E-state index contributed by atoms with van der Waals surface area (Å²) in [7, 11) is 0. The topological polar surface area (TPSA) is 27.7 Å². The van der Waals surface area contributed by atoms with Gasteiger partial charge in [0, 0.05) is 50.0 Å². The van der Waals surface area contributed by atoms with Gasteiger partial charge in [-0.3, -0.25) is 9.80 Å². The third-order valence-corrected chi connectivity index (χ3v) is 4.45. The highest BCUT2D eigenvalue weighted by Crippen LogP contribution is 2.19. The highest BCUT2D eigenvalue weighted by Gasteiger charge is 2.28. The average molecular weight is 307 g/mol. The lowest BCUT2D eigenvalue weighted by Gasteiger charge is -2.42. The van der Waals surface area contributed by atoms with Crippen LogP contribution in [0.15, 0.2) is 18.2 Å². The van der Waals surface area contributed by atoms with Crippen LogP contribution in [0.3, 0.4) is 0 Å². The average Bonchev–Trinajstić information content (AvgIpc) is 2.41. The summed E-state index contributed by atoms with van der Waals surface area (Å²) in [5.74, 6) is -0.111. The zero-order valence-corrected chi connectivity index (χ0v) is 13.5. The number of benzene rings is 1. The second kappa shape index (κ2) is 6.94. The fourth-order valence-corrected chi connectivity index (χ4v) is 3.06. The van der Waals surface area contributed by atoms with Crippen molar-refractivity contribution in [2.45, 2.75) is 32.5 Å². The van der Waals surface area contributed by atoms with Gasteiger partial charge in [0.15, 0.2) is 0 Å². The highest BCUT2D eigenvalue weighted by atomic mass is 19.1. The number of rotatable bonds is 5. The van der Waals surface area contributed by atoms with Crippen LogP contribution in [-0.2, 0) is 11.3 Å². The Morgan fingerprint density at radius 2 is 1.95 bits per heavy atom. The molecular formula is C17H26FN3O. The molecule has 2 heterocycles. The largest absolute Gasteiger partial charge is 0.383 e. The van der Waals surface area contributed by atoms with Crippen molar-refractivity contribution in [3.63, 3.8) is 0 Å². The maximum absolute atomic E-state index is 14.2. The Kier molecular flexibility index (Phi) is 4.96. The van der Waals surface area contributed by atoms with Crippen LogP contribution < -0.4 is 5.32 Å². The molecule has 0 aromatic heterocycles. The Labute approximate surface area is 132 Å². The summed E-state index contributed by atoms with van der Waals surface area (Å²) in [4.78, 5) is 4.83. The summed E-state index contributed by atoms with van der Waals surface area (Å²) in [6, 6.07) is 6.42. The van der Waals surface area contributed by atoms with Gasteiger partial charge in [-0.2, -0.15) is 0 Å². The van der Waals surface area contributed by atoms with Crippen molar-refractivity contribution in [1.29, 1.82) is 0 Å². The third kappa shape index (κ3) is 3.77. The van der Waals surface area contributed by atoms with Gasteiger partial charge in [-0.1, -0.05) is 6.07 Å². The van der Waals surface area contributed by atoms with E-state index in [9.17, 15) is 4.39 Å². The summed E-state index contributed by atoms with van der Waals surface area (Å²) in [5, 5.41) is 3.24. The molecule has 4 nitrogen and oxygen atoms in total. The summed E-state index contributed by atoms with van der Waals surface area (Å²) in [5.41, 5.74) is 1.64. The van der Waals surface area contributed by atoms with Crippen molar-refractivity contribution in [2.75, 3.05) is 44.7 Å². The fraction of sp³-hybridized carbons (Fsp3) is 0.647. The van der Waals surface area contributed by atoms with Crippen LogP contribution in [0.1, 0.15) is 19.4 Å². The van der Waals surface area contributed by atoms with Crippen LogP contribution >= 0.6 is 0 Å². The van der Waals surface area contributed by atoms with Crippen LogP contribution in [0.25, 0.3) is 0 Å². The summed E-state index contributed by atoms with van der Waals surface area (Å²) < 4.78 is 19.5. The van der Waals surface area contributed by atoms with Gasteiger partial charge in [0.05, 0.1) is 19.3 Å². The Balaban J connectivity index is 1.52. The van der Waals surface area contributed by atoms with E-state index in [1.807, 2.05) is 12.1 Å². The monoisotopic (exact) mass is 307 g/mol. The maximum atomic E-state index is 14.2. The van der Waals surface area contributed by atoms with Gasteiger partial charge in [0.25, 0.3) is 0 Å². The molecule has 2 aliphatic heterocycles. The van der Waals surface area contributed by atoms with E-state index in [4.69, 9.17) is 4.74 Å². The minimum absolute atomic E-state index is 0.111. The quantitative estimate of drug-likeness (QED) is 0.902. The molecule has 0 unspecified atom stereocenters. The van der Waals surface area contributed by atoms with Crippen LogP contribution in [0, 0.1) is 5.82 Å². The molecule has 0 saturated carbocycles. The number of piperazine rings is 1. The Morgan fingerprint density at radius 3 is 2.50 bits per heavy atom. The van der Waals surface area contributed by atoms with Crippen molar-refractivity contribution < 1.29 is 9.13 Å². The second-order valence-corrected chi connectivity index (χ2v) is 6.61. The minimum atomic E-state index is -0.111. The van der Waals surface area contributed by atoms with E-state index in [-0.39, 0.29) is 5.82 Å². The molecule has 2 aliphatic rings. The van der Waals surface area contributed by atoms with Crippen LogP contribution in [0.2, 0.25) is 0 Å². The van der Waals surface area contributed by atoms with Crippen LogP contribution in [-0.4, -0.2) is 61.3 Å². The molecule has 1 N–H and O–H groups in total. The molecule has 2 fully saturated rings. The van der Waals surface area contributed by atoms with Gasteiger partial charge >= 0.3 is 0 Å². The maximum Gasteiger partial charge on any atom is 0.129 e. The molecule has 0 amide bonds. The van der Waals surface area contributed by atoms with Gasteiger partial charge in [-0.15, -0.1) is 0 Å². The normalized spacial score (nSPS) is 21.1. The van der Waals surface area contributed by atoms with E-state index in [2.05, 4.69) is 29.0 Å².